The highest BCUT2D eigenvalue weighted by Gasteiger charge is 2.17. The third-order valence-corrected chi connectivity index (χ3v) is 5.57. The third kappa shape index (κ3) is 4.40. The van der Waals surface area contributed by atoms with Crippen molar-refractivity contribution in [1.29, 1.82) is 0 Å². The van der Waals surface area contributed by atoms with Crippen LogP contribution in [0, 0.1) is 11.7 Å². The molecule has 0 spiro atoms. The molecule has 0 saturated carbocycles. The molecule has 1 saturated heterocycles. The van der Waals surface area contributed by atoms with Gasteiger partial charge in [-0.25, -0.2) is 0 Å². The van der Waals surface area contributed by atoms with Crippen molar-refractivity contribution in [3.05, 3.63) is 58.9 Å². The van der Waals surface area contributed by atoms with Crippen LogP contribution in [0.15, 0.2) is 48.5 Å². The molecular formula is C22H25N5OS. The maximum absolute atomic E-state index is 12.7. The molecule has 0 aliphatic carbocycles. The smallest absolute Gasteiger partial charge is 0.226 e. The Labute approximate surface area is 175 Å². The third-order valence-electron chi connectivity index (χ3n) is 5.26. The van der Waals surface area contributed by atoms with Crippen molar-refractivity contribution in [2.75, 3.05) is 23.3 Å². The molecular weight excluding hydrogens is 382 g/mol. The molecule has 150 valence electrons. The molecule has 7 heteroatoms. The van der Waals surface area contributed by atoms with E-state index in [0.717, 1.165) is 35.9 Å². The molecule has 4 rings (SSSR count). The van der Waals surface area contributed by atoms with Gasteiger partial charge in [0.1, 0.15) is 0 Å². The molecule has 0 unspecified atom stereocenters. The quantitative estimate of drug-likeness (QED) is 0.589. The zero-order valence-electron chi connectivity index (χ0n) is 16.5. The molecule has 1 amide bonds. The first-order valence-corrected chi connectivity index (χ1v) is 10.4. The van der Waals surface area contributed by atoms with E-state index in [9.17, 15) is 4.79 Å². The predicted octanol–water partition coefficient (Wildman–Crippen LogP) is 4.55. The van der Waals surface area contributed by atoms with Crippen LogP contribution in [0.1, 0.15) is 24.8 Å². The molecule has 1 fully saturated rings. The fourth-order valence-corrected chi connectivity index (χ4v) is 3.91. The number of nitrogens with zero attached hydrogens (tertiary/aromatic N) is 3. The Balaban J connectivity index is 1.46. The van der Waals surface area contributed by atoms with Gasteiger partial charge in [0.05, 0.1) is 11.4 Å². The lowest BCUT2D eigenvalue weighted by atomic mass is 10.1. The highest BCUT2D eigenvalue weighted by atomic mass is 32.1. The summed E-state index contributed by atoms with van der Waals surface area (Å²) in [5, 5.41) is 10.3. The minimum Gasteiger partial charge on any atom is -0.370 e. The van der Waals surface area contributed by atoms with Crippen molar-refractivity contribution in [3.8, 4) is 11.4 Å². The Bertz CT molecular complexity index is 1050. The number of hydrogen-bond acceptors (Lipinski definition) is 4. The van der Waals surface area contributed by atoms with Gasteiger partial charge in [-0.1, -0.05) is 42.0 Å². The predicted molar refractivity (Wildman–Crippen MR) is 119 cm³/mol. The Hall–Kier alpha value is -2.93. The molecule has 0 atom stereocenters. The number of H-pyrrole nitrogens is 1. The Morgan fingerprint density at radius 2 is 1.86 bits per heavy atom. The number of carbonyl (C=O) groups excluding carboxylic acids is 1. The number of aromatic amines is 1. The van der Waals surface area contributed by atoms with E-state index >= 15 is 0 Å². The average molecular weight is 408 g/mol. The van der Waals surface area contributed by atoms with E-state index in [4.69, 9.17) is 12.2 Å². The van der Waals surface area contributed by atoms with Gasteiger partial charge in [-0.05, 0) is 44.1 Å². The van der Waals surface area contributed by atoms with Crippen molar-refractivity contribution in [3.63, 3.8) is 0 Å². The number of benzene rings is 2. The number of nitrogens with one attached hydrogen (secondary N) is 2. The van der Waals surface area contributed by atoms with Crippen LogP contribution in [0.3, 0.4) is 0 Å². The Kier molecular flexibility index (Phi) is 5.76. The summed E-state index contributed by atoms with van der Waals surface area (Å²) in [7, 11) is 0. The first-order chi connectivity index (χ1) is 14.1. The van der Waals surface area contributed by atoms with Gasteiger partial charge in [0.25, 0.3) is 0 Å². The van der Waals surface area contributed by atoms with Crippen LogP contribution >= 0.6 is 12.2 Å². The number of amides is 1. The monoisotopic (exact) mass is 407 g/mol. The summed E-state index contributed by atoms with van der Waals surface area (Å²) in [5.74, 6) is 0.717. The minimum atomic E-state index is -0.0328. The number of hydrogen-bond donors (Lipinski definition) is 2. The maximum atomic E-state index is 12.7. The van der Waals surface area contributed by atoms with E-state index in [1.165, 1.54) is 18.4 Å². The second kappa shape index (κ2) is 8.61. The summed E-state index contributed by atoms with van der Waals surface area (Å²) >= 11 is 5.38. The summed E-state index contributed by atoms with van der Waals surface area (Å²) in [6, 6.07) is 16.1. The second-order valence-corrected chi connectivity index (χ2v) is 7.77. The van der Waals surface area contributed by atoms with E-state index in [2.05, 4.69) is 26.5 Å². The second-order valence-electron chi connectivity index (χ2n) is 7.38. The number of aryl methyl sites for hydroxylation is 1. The van der Waals surface area contributed by atoms with E-state index in [1.807, 2.05) is 54.0 Å². The standard InChI is InChI=1S/C22H25N5OS/c1-16-8-10-17(11-9-16)21-24-25-22(29)27(21)15-12-20(28)23-18-6-2-3-7-19(18)26-13-4-5-14-26/h2-3,6-11H,4-5,12-15H2,1H3,(H,23,28)(H,25,29). The normalized spacial score (nSPS) is 13.6. The van der Waals surface area contributed by atoms with Crippen molar-refractivity contribution >= 4 is 29.5 Å². The number of rotatable bonds is 6. The maximum Gasteiger partial charge on any atom is 0.226 e. The molecule has 0 bridgehead atoms. The Morgan fingerprint density at radius 3 is 2.62 bits per heavy atom. The van der Waals surface area contributed by atoms with Crippen molar-refractivity contribution in [2.24, 2.45) is 0 Å². The largest absolute Gasteiger partial charge is 0.370 e. The highest BCUT2D eigenvalue weighted by molar-refractivity contribution is 7.71. The van der Waals surface area contributed by atoms with Crippen molar-refractivity contribution in [2.45, 2.75) is 32.7 Å². The minimum absolute atomic E-state index is 0.0328. The number of aromatic nitrogens is 3. The summed E-state index contributed by atoms with van der Waals surface area (Å²) in [6.45, 7) is 4.59. The lowest BCUT2D eigenvalue weighted by Gasteiger charge is -2.21. The fraction of sp³-hybridized carbons (Fsp3) is 0.318. The van der Waals surface area contributed by atoms with Gasteiger partial charge in [-0.2, -0.15) is 5.10 Å². The highest BCUT2D eigenvalue weighted by Crippen LogP contribution is 2.28. The topological polar surface area (TPSA) is 66.0 Å². The molecule has 0 radical (unpaired) electrons. The molecule has 1 aliphatic rings. The summed E-state index contributed by atoms with van der Waals surface area (Å²) in [6.07, 6.45) is 2.71. The average Bonchev–Trinajstić information content (AvgIpc) is 3.38. The lowest BCUT2D eigenvalue weighted by molar-refractivity contribution is -0.116. The van der Waals surface area contributed by atoms with Crippen LogP contribution in [0.5, 0.6) is 0 Å². The van der Waals surface area contributed by atoms with E-state index in [0.29, 0.717) is 17.7 Å². The first-order valence-electron chi connectivity index (χ1n) is 9.98. The van der Waals surface area contributed by atoms with Gasteiger partial charge in [0.15, 0.2) is 10.6 Å². The van der Waals surface area contributed by atoms with Crippen molar-refractivity contribution in [1.82, 2.24) is 14.8 Å². The molecule has 6 nitrogen and oxygen atoms in total. The molecule has 3 aromatic rings. The van der Waals surface area contributed by atoms with Crippen LogP contribution in [0.25, 0.3) is 11.4 Å². The van der Waals surface area contributed by atoms with Crippen LogP contribution in [-0.4, -0.2) is 33.8 Å². The Morgan fingerprint density at radius 1 is 1.14 bits per heavy atom. The first kappa shape index (κ1) is 19.4. The zero-order chi connectivity index (χ0) is 20.2. The molecule has 1 aromatic heterocycles. The molecule has 2 heterocycles. The summed E-state index contributed by atoms with van der Waals surface area (Å²) in [5.41, 5.74) is 4.13. The van der Waals surface area contributed by atoms with Gasteiger partial charge >= 0.3 is 0 Å². The van der Waals surface area contributed by atoms with Crippen LogP contribution in [-0.2, 0) is 11.3 Å². The van der Waals surface area contributed by atoms with Gasteiger partial charge < -0.3 is 10.2 Å². The molecule has 29 heavy (non-hydrogen) atoms. The number of anilines is 2. The SMILES string of the molecule is Cc1ccc(-c2n[nH]c(=S)n2CCC(=O)Nc2ccccc2N2CCCC2)cc1. The number of carbonyl (C=O) groups is 1. The van der Waals surface area contributed by atoms with Crippen LogP contribution < -0.4 is 10.2 Å². The number of para-hydroxylation sites is 2. The molecule has 2 N–H and O–H groups in total. The zero-order valence-corrected chi connectivity index (χ0v) is 17.3. The van der Waals surface area contributed by atoms with Gasteiger partial charge in [-0.15, -0.1) is 0 Å². The summed E-state index contributed by atoms with van der Waals surface area (Å²) in [4.78, 5) is 15.0. The van der Waals surface area contributed by atoms with Gasteiger partial charge in [-0.3, -0.25) is 14.5 Å². The summed E-state index contributed by atoms with van der Waals surface area (Å²) < 4.78 is 2.40. The van der Waals surface area contributed by atoms with Gasteiger partial charge in [0, 0.05) is 31.6 Å². The van der Waals surface area contributed by atoms with Gasteiger partial charge in [0.2, 0.25) is 5.91 Å². The van der Waals surface area contributed by atoms with Crippen LogP contribution in [0.2, 0.25) is 0 Å². The van der Waals surface area contributed by atoms with E-state index < -0.39 is 0 Å². The molecule has 2 aromatic carbocycles. The van der Waals surface area contributed by atoms with E-state index in [-0.39, 0.29) is 5.91 Å². The van der Waals surface area contributed by atoms with Crippen molar-refractivity contribution < 1.29 is 4.79 Å². The lowest BCUT2D eigenvalue weighted by Crippen LogP contribution is -2.21. The van der Waals surface area contributed by atoms with E-state index in [1.54, 1.807) is 0 Å². The fourth-order valence-electron chi connectivity index (χ4n) is 3.69. The van der Waals surface area contributed by atoms with Crippen LogP contribution in [0.4, 0.5) is 11.4 Å². The molecule has 1 aliphatic heterocycles.